The van der Waals surface area contributed by atoms with Crippen LogP contribution in [-0.2, 0) is 7.05 Å². The summed E-state index contributed by atoms with van der Waals surface area (Å²) in [5.41, 5.74) is 0.842. The summed E-state index contributed by atoms with van der Waals surface area (Å²) in [6, 6.07) is 9.17. The zero-order valence-corrected chi connectivity index (χ0v) is 10.7. The molecule has 2 aromatic heterocycles. The third-order valence-corrected chi connectivity index (χ3v) is 2.95. The van der Waals surface area contributed by atoms with E-state index < -0.39 is 0 Å². The van der Waals surface area contributed by atoms with E-state index in [0.29, 0.717) is 16.7 Å². The van der Waals surface area contributed by atoms with Gasteiger partial charge in [0.15, 0.2) is 0 Å². The number of carbonyl (C=O) groups is 1. The van der Waals surface area contributed by atoms with Crippen LogP contribution < -0.4 is 5.32 Å². The molecule has 0 bridgehead atoms. The van der Waals surface area contributed by atoms with Gasteiger partial charge in [-0.05, 0) is 24.3 Å². The van der Waals surface area contributed by atoms with E-state index in [9.17, 15) is 9.18 Å². The second-order valence-electron chi connectivity index (χ2n) is 4.33. The normalized spacial score (nSPS) is 10.7. The number of rotatable bonds is 2. The van der Waals surface area contributed by atoms with Crippen molar-refractivity contribution in [3.63, 3.8) is 0 Å². The lowest BCUT2D eigenvalue weighted by molar-refractivity contribution is 0.102. The first-order valence-corrected chi connectivity index (χ1v) is 5.99. The van der Waals surface area contributed by atoms with Crippen LogP contribution in [0.2, 0.25) is 0 Å². The van der Waals surface area contributed by atoms with Crippen LogP contribution in [0.25, 0.3) is 10.9 Å². The van der Waals surface area contributed by atoms with Crippen molar-refractivity contribution in [1.82, 2.24) is 14.8 Å². The number of nitrogens with one attached hydrogen (secondary N) is 1. The highest BCUT2D eigenvalue weighted by atomic mass is 19.1. The van der Waals surface area contributed by atoms with Gasteiger partial charge in [0.2, 0.25) is 0 Å². The number of pyridine rings is 1. The molecule has 0 saturated carbocycles. The van der Waals surface area contributed by atoms with Gasteiger partial charge in [0.25, 0.3) is 5.91 Å². The van der Waals surface area contributed by atoms with Crippen molar-refractivity contribution in [2.45, 2.75) is 0 Å². The topological polar surface area (TPSA) is 59.8 Å². The Kier molecular flexibility index (Phi) is 2.90. The summed E-state index contributed by atoms with van der Waals surface area (Å²) in [7, 11) is 1.73. The molecule has 3 rings (SSSR count). The second-order valence-corrected chi connectivity index (χ2v) is 4.33. The largest absolute Gasteiger partial charge is 0.305 e. The summed E-state index contributed by atoms with van der Waals surface area (Å²) in [4.78, 5) is 16.3. The van der Waals surface area contributed by atoms with Crippen LogP contribution in [0.3, 0.4) is 0 Å². The SMILES string of the molecule is Cn1nccc1NC(=O)c1ccc2cc(F)ccc2n1. The van der Waals surface area contributed by atoms with Crippen molar-refractivity contribution < 1.29 is 9.18 Å². The van der Waals surface area contributed by atoms with E-state index in [-0.39, 0.29) is 17.4 Å². The number of nitrogens with zero attached hydrogens (tertiary/aromatic N) is 3. The van der Waals surface area contributed by atoms with Crippen molar-refractivity contribution in [2.75, 3.05) is 5.32 Å². The van der Waals surface area contributed by atoms with Gasteiger partial charge < -0.3 is 5.32 Å². The minimum Gasteiger partial charge on any atom is -0.305 e. The van der Waals surface area contributed by atoms with Crippen molar-refractivity contribution in [1.29, 1.82) is 0 Å². The number of hydrogen-bond acceptors (Lipinski definition) is 3. The highest BCUT2D eigenvalue weighted by molar-refractivity contribution is 6.03. The fourth-order valence-electron chi connectivity index (χ4n) is 1.90. The molecule has 100 valence electrons. The van der Waals surface area contributed by atoms with Crippen LogP contribution in [-0.4, -0.2) is 20.7 Å². The van der Waals surface area contributed by atoms with Gasteiger partial charge in [0, 0.05) is 18.5 Å². The zero-order valence-electron chi connectivity index (χ0n) is 10.7. The Balaban J connectivity index is 1.92. The van der Waals surface area contributed by atoms with Crippen LogP contribution in [0.15, 0.2) is 42.6 Å². The maximum atomic E-state index is 13.1. The van der Waals surface area contributed by atoms with Gasteiger partial charge in [-0.1, -0.05) is 6.07 Å². The van der Waals surface area contributed by atoms with Gasteiger partial charge >= 0.3 is 0 Å². The highest BCUT2D eigenvalue weighted by Gasteiger charge is 2.10. The average molecular weight is 270 g/mol. The molecule has 2 heterocycles. The fraction of sp³-hybridized carbons (Fsp3) is 0.0714. The molecule has 6 heteroatoms. The fourth-order valence-corrected chi connectivity index (χ4v) is 1.90. The maximum Gasteiger partial charge on any atom is 0.275 e. The lowest BCUT2D eigenvalue weighted by Crippen LogP contribution is -2.15. The first-order valence-electron chi connectivity index (χ1n) is 5.99. The van der Waals surface area contributed by atoms with Crippen LogP contribution >= 0.6 is 0 Å². The average Bonchev–Trinajstić information content (AvgIpc) is 2.83. The van der Waals surface area contributed by atoms with E-state index in [1.807, 2.05) is 0 Å². The Morgan fingerprint density at radius 1 is 1.25 bits per heavy atom. The standard InChI is InChI=1S/C14H11FN4O/c1-19-13(6-7-16-19)18-14(20)12-4-2-9-8-10(15)3-5-11(9)17-12/h2-8H,1H3,(H,18,20). The quantitative estimate of drug-likeness (QED) is 0.777. The molecule has 1 amide bonds. The zero-order chi connectivity index (χ0) is 14.1. The van der Waals surface area contributed by atoms with Crippen molar-refractivity contribution in [3.05, 3.63) is 54.1 Å². The molecular weight excluding hydrogens is 259 g/mol. The third-order valence-electron chi connectivity index (χ3n) is 2.95. The van der Waals surface area contributed by atoms with Crippen molar-refractivity contribution in [2.24, 2.45) is 7.05 Å². The van der Waals surface area contributed by atoms with E-state index >= 15 is 0 Å². The summed E-state index contributed by atoms with van der Waals surface area (Å²) in [6.45, 7) is 0. The molecule has 5 nitrogen and oxygen atoms in total. The molecule has 20 heavy (non-hydrogen) atoms. The number of aryl methyl sites for hydroxylation is 1. The van der Waals surface area contributed by atoms with E-state index in [4.69, 9.17) is 0 Å². The minimum absolute atomic E-state index is 0.269. The van der Waals surface area contributed by atoms with E-state index in [0.717, 1.165) is 0 Å². The van der Waals surface area contributed by atoms with E-state index in [2.05, 4.69) is 15.4 Å². The number of anilines is 1. The minimum atomic E-state index is -0.333. The summed E-state index contributed by atoms with van der Waals surface area (Å²) >= 11 is 0. The Labute approximate surface area is 114 Å². The summed E-state index contributed by atoms with van der Waals surface area (Å²) in [6.07, 6.45) is 1.59. The molecule has 0 aliphatic heterocycles. The summed E-state index contributed by atoms with van der Waals surface area (Å²) in [5, 5.41) is 7.33. The monoisotopic (exact) mass is 270 g/mol. The Bertz CT molecular complexity index is 797. The molecular formula is C14H11FN4O. The van der Waals surface area contributed by atoms with Crippen molar-refractivity contribution in [3.8, 4) is 0 Å². The second kappa shape index (κ2) is 4.73. The van der Waals surface area contributed by atoms with Crippen LogP contribution in [0.1, 0.15) is 10.5 Å². The highest BCUT2D eigenvalue weighted by Crippen LogP contribution is 2.15. The molecule has 0 aliphatic carbocycles. The summed E-state index contributed by atoms with van der Waals surface area (Å²) < 4.78 is 14.6. The molecule has 0 radical (unpaired) electrons. The smallest absolute Gasteiger partial charge is 0.275 e. The lowest BCUT2D eigenvalue weighted by Gasteiger charge is -2.05. The molecule has 0 spiro atoms. The molecule has 0 fully saturated rings. The number of benzene rings is 1. The van der Waals surface area contributed by atoms with Gasteiger partial charge in [-0.15, -0.1) is 0 Å². The van der Waals surface area contributed by atoms with E-state index in [1.165, 1.54) is 12.1 Å². The number of halogens is 1. The van der Waals surface area contributed by atoms with Crippen molar-refractivity contribution >= 4 is 22.6 Å². The number of amides is 1. The van der Waals surface area contributed by atoms with Gasteiger partial charge in [0.05, 0.1) is 11.7 Å². The molecule has 3 aromatic rings. The summed E-state index contributed by atoms with van der Waals surface area (Å²) in [5.74, 6) is -0.0813. The first kappa shape index (κ1) is 12.3. The maximum absolute atomic E-state index is 13.1. The van der Waals surface area contributed by atoms with E-state index in [1.54, 1.807) is 42.2 Å². The molecule has 0 aliphatic rings. The van der Waals surface area contributed by atoms with Crippen LogP contribution in [0.4, 0.5) is 10.2 Å². The van der Waals surface area contributed by atoms with Gasteiger partial charge in [-0.25, -0.2) is 9.37 Å². The molecule has 1 aromatic carbocycles. The van der Waals surface area contributed by atoms with Crippen LogP contribution in [0.5, 0.6) is 0 Å². The molecule has 0 atom stereocenters. The predicted molar refractivity (Wildman–Crippen MR) is 72.9 cm³/mol. The lowest BCUT2D eigenvalue weighted by atomic mass is 10.2. The number of hydrogen-bond donors (Lipinski definition) is 1. The molecule has 0 saturated heterocycles. The van der Waals surface area contributed by atoms with Gasteiger partial charge in [0.1, 0.15) is 17.3 Å². The molecule has 1 N–H and O–H groups in total. The Morgan fingerprint density at radius 2 is 2.10 bits per heavy atom. The van der Waals surface area contributed by atoms with Gasteiger partial charge in [-0.2, -0.15) is 5.10 Å². The molecule has 0 unspecified atom stereocenters. The van der Waals surface area contributed by atoms with Crippen LogP contribution in [0, 0.1) is 5.82 Å². The Morgan fingerprint density at radius 3 is 2.85 bits per heavy atom. The number of aromatic nitrogens is 3. The number of fused-ring (bicyclic) bond motifs is 1. The predicted octanol–water partition coefficient (Wildman–Crippen LogP) is 2.36. The number of carbonyl (C=O) groups excluding carboxylic acids is 1. The first-order chi connectivity index (χ1) is 9.63. The van der Waals surface area contributed by atoms with Gasteiger partial charge in [-0.3, -0.25) is 9.48 Å². The Hall–Kier alpha value is -2.76. The third kappa shape index (κ3) is 2.23.